The number of aromatic carboxylic acids is 1. The summed E-state index contributed by atoms with van der Waals surface area (Å²) in [7, 11) is -1.87. The molecular formula is C8H11NO5S2. The molecule has 1 heterocycles. The first-order chi connectivity index (χ1) is 7.44. The molecule has 16 heavy (non-hydrogen) atoms. The van der Waals surface area contributed by atoms with Crippen LogP contribution >= 0.6 is 11.3 Å². The van der Waals surface area contributed by atoms with Gasteiger partial charge in [-0.2, -0.15) is 0 Å². The average molecular weight is 265 g/mol. The van der Waals surface area contributed by atoms with Gasteiger partial charge in [0.1, 0.15) is 0 Å². The molecule has 0 amide bonds. The number of aromatic nitrogens is 1. The second kappa shape index (κ2) is 5.37. The number of ether oxygens (including phenoxy) is 1. The Labute approximate surface area is 96.8 Å². The van der Waals surface area contributed by atoms with Gasteiger partial charge in [0.05, 0.1) is 23.8 Å². The van der Waals surface area contributed by atoms with Gasteiger partial charge < -0.3 is 9.84 Å². The number of sulfone groups is 1. The normalized spacial score (nSPS) is 11.6. The first-order valence-corrected chi connectivity index (χ1v) is 7.02. The van der Waals surface area contributed by atoms with Crippen molar-refractivity contribution in [2.75, 3.05) is 19.5 Å². The highest BCUT2D eigenvalue weighted by Gasteiger charge is 2.16. The number of carbonyl (C=O) groups is 1. The first kappa shape index (κ1) is 13.1. The topological polar surface area (TPSA) is 93.6 Å². The number of hydrogen-bond acceptors (Lipinski definition) is 6. The fourth-order valence-corrected chi connectivity index (χ4v) is 2.90. The van der Waals surface area contributed by atoms with E-state index in [1.807, 2.05) is 0 Å². The van der Waals surface area contributed by atoms with Crippen LogP contribution < -0.4 is 0 Å². The van der Waals surface area contributed by atoms with Crippen LogP contribution in [0.1, 0.15) is 15.5 Å². The van der Waals surface area contributed by atoms with E-state index in [9.17, 15) is 13.2 Å². The number of hydrogen-bond donors (Lipinski definition) is 1. The van der Waals surface area contributed by atoms with Crippen LogP contribution in [0.25, 0.3) is 0 Å². The van der Waals surface area contributed by atoms with E-state index >= 15 is 0 Å². The Morgan fingerprint density at radius 3 is 2.81 bits per heavy atom. The minimum Gasteiger partial charge on any atom is -0.476 e. The predicted molar refractivity (Wildman–Crippen MR) is 58.4 cm³/mol. The second-order valence-corrected chi connectivity index (χ2v) is 6.08. The zero-order valence-corrected chi connectivity index (χ0v) is 10.2. The summed E-state index contributed by atoms with van der Waals surface area (Å²) in [4.78, 5) is 14.2. The summed E-state index contributed by atoms with van der Waals surface area (Å²) in [6.07, 6.45) is 0. The Kier molecular flexibility index (Phi) is 4.39. The van der Waals surface area contributed by atoms with Crippen molar-refractivity contribution in [1.82, 2.24) is 4.98 Å². The van der Waals surface area contributed by atoms with E-state index in [4.69, 9.17) is 5.11 Å². The van der Waals surface area contributed by atoms with E-state index in [2.05, 4.69) is 9.72 Å². The third-order valence-electron chi connectivity index (χ3n) is 1.70. The van der Waals surface area contributed by atoms with Crippen molar-refractivity contribution in [3.63, 3.8) is 0 Å². The van der Waals surface area contributed by atoms with Gasteiger partial charge in [-0.15, -0.1) is 11.3 Å². The Hall–Kier alpha value is -0.990. The maximum atomic E-state index is 11.5. The highest BCUT2D eigenvalue weighted by Crippen LogP contribution is 2.12. The van der Waals surface area contributed by atoms with Crippen molar-refractivity contribution in [3.05, 3.63) is 16.1 Å². The number of carboxylic acid groups (broad SMARTS) is 1. The van der Waals surface area contributed by atoms with Gasteiger partial charge in [0.2, 0.25) is 5.01 Å². The Balaban J connectivity index is 2.69. The van der Waals surface area contributed by atoms with Crippen molar-refractivity contribution in [1.29, 1.82) is 0 Å². The molecule has 0 fully saturated rings. The fourth-order valence-electron chi connectivity index (χ4n) is 0.979. The number of carboxylic acids is 1. The average Bonchev–Trinajstić information content (AvgIpc) is 2.62. The molecule has 0 atom stereocenters. The van der Waals surface area contributed by atoms with Crippen LogP contribution in [-0.2, 0) is 20.3 Å². The second-order valence-electron chi connectivity index (χ2n) is 3.03. The van der Waals surface area contributed by atoms with Crippen molar-refractivity contribution < 1.29 is 23.1 Å². The van der Waals surface area contributed by atoms with Gasteiger partial charge in [-0.1, -0.05) is 0 Å². The molecule has 0 aliphatic rings. The molecule has 1 rings (SSSR count). The van der Waals surface area contributed by atoms with Gasteiger partial charge in [0, 0.05) is 12.5 Å². The van der Waals surface area contributed by atoms with Crippen LogP contribution in [-0.4, -0.2) is 43.9 Å². The lowest BCUT2D eigenvalue weighted by molar-refractivity contribution is 0.0696. The molecule has 0 aliphatic heterocycles. The van der Waals surface area contributed by atoms with Gasteiger partial charge in [-0.3, -0.25) is 0 Å². The minimum absolute atomic E-state index is 0.0938. The van der Waals surface area contributed by atoms with Crippen LogP contribution in [0.3, 0.4) is 0 Å². The molecule has 0 spiro atoms. The van der Waals surface area contributed by atoms with E-state index in [0.29, 0.717) is 0 Å². The highest BCUT2D eigenvalue weighted by atomic mass is 32.2. The van der Waals surface area contributed by atoms with Crippen molar-refractivity contribution in [3.8, 4) is 0 Å². The summed E-state index contributed by atoms with van der Waals surface area (Å²) >= 11 is 0.916. The van der Waals surface area contributed by atoms with Crippen LogP contribution in [0.5, 0.6) is 0 Å². The molecule has 90 valence electrons. The predicted octanol–water partition coefficient (Wildman–Crippen LogP) is 0.403. The molecule has 0 aliphatic carbocycles. The molecule has 8 heteroatoms. The summed E-state index contributed by atoms with van der Waals surface area (Å²) in [5.74, 6) is -1.49. The van der Waals surface area contributed by atoms with E-state index in [0.717, 1.165) is 11.3 Å². The molecule has 1 aromatic heterocycles. The monoisotopic (exact) mass is 265 g/mol. The van der Waals surface area contributed by atoms with Gasteiger partial charge in [0.25, 0.3) is 0 Å². The molecular weight excluding hydrogens is 254 g/mol. The molecule has 0 unspecified atom stereocenters. The zero-order chi connectivity index (χ0) is 12.2. The summed E-state index contributed by atoms with van der Waals surface area (Å²) in [6.45, 7) is 0.123. The van der Waals surface area contributed by atoms with Crippen molar-refractivity contribution in [2.24, 2.45) is 0 Å². The lowest BCUT2D eigenvalue weighted by Crippen LogP contribution is -2.13. The highest BCUT2D eigenvalue weighted by molar-refractivity contribution is 7.90. The maximum absolute atomic E-state index is 11.5. The third-order valence-corrected chi connectivity index (χ3v) is 4.10. The third kappa shape index (κ3) is 3.87. The molecule has 0 saturated carbocycles. The zero-order valence-electron chi connectivity index (χ0n) is 8.54. The summed E-state index contributed by atoms with van der Waals surface area (Å²) in [5.41, 5.74) is 0.263. The number of nitrogens with zero attached hydrogens (tertiary/aromatic N) is 1. The number of rotatable bonds is 6. The summed E-state index contributed by atoms with van der Waals surface area (Å²) in [5, 5.41) is 9.95. The Morgan fingerprint density at radius 2 is 2.31 bits per heavy atom. The molecule has 1 N–H and O–H groups in total. The summed E-state index contributed by atoms with van der Waals surface area (Å²) in [6, 6.07) is 0. The number of methoxy groups -OCH3 is 1. The lowest BCUT2D eigenvalue weighted by Gasteiger charge is -2.00. The molecule has 0 saturated heterocycles. The SMILES string of the molecule is COCCS(=O)(=O)Cc1csc(C(=O)O)n1. The van der Waals surface area contributed by atoms with Crippen molar-refractivity contribution in [2.45, 2.75) is 5.75 Å². The van der Waals surface area contributed by atoms with E-state index < -0.39 is 15.8 Å². The quantitative estimate of drug-likeness (QED) is 0.800. The minimum atomic E-state index is -3.28. The maximum Gasteiger partial charge on any atom is 0.365 e. The molecule has 6 nitrogen and oxygen atoms in total. The van der Waals surface area contributed by atoms with Crippen LogP contribution in [0, 0.1) is 0 Å². The van der Waals surface area contributed by atoms with E-state index in [1.165, 1.54) is 12.5 Å². The Bertz CT molecular complexity index is 465. The first-order valence-electron chi connectivity index (χ1n) is 4.31. The van der Waals surface area contributed by atoms with E-state index in [1.54, 1.807) is 0 Å². The standard InChI is InChI=1S/C8H11NO5S2/c1-14-2-3-16(12,13)5-6-4-15-7(9-6)8(10)11/h4H,2-3,5H2,1H3,(H,10,11). The van der Waals surface area contributed by atoms with Crippen molar-refractivity contribution >= 4 is 27.1 Å². The smallest absolute Gasteiger partial charge is 0.365 e. The summed E-state index contributed by atoms with van der Waals surface area (Å²) < 4.78 is 27.6. The van der Waals surface area contributed by atoms with E-state index in [-0.39, 0.29) is 28.8 Å². The van der Waals surface area contributed by atoms with Crippen LogP contribution in [0.15, 0.2) is 5.38 Å². The number of thiazole rings is 1. The van der Waals surface area contributed by atoms with Gasteiger partial charge in [0.15, 0.2) is 9.84 Å². The van der Waals surface area contributed by atoms with Gasteiger partial charge in [-0.25, -0.2) is 18.2 Å². The molecule has 0 bridgehead atoms. The van der Waals surface area contributed by atoms with Crippen LogP contribution in [0.2, 0.25) is 0 Å². The fraction of sp³-hybridized carbons (Fsp3) is 0.500. The molecule has 1 aromatic rings. The largest absolute Gasteiger partial charge is 0.476 e. The Morgan fingerprint density at radius 1 is 1.62 bits per heavy atom. The van der Waals surface area contributed by atoms with Gasteiger partial charge >= 0.3 is 5.97 Å². The van der Waals surface area contributed by atoms with Gasteiger partial charge in [-0.05, 0) is 0 Å². The van der Waals surface area contributed by atoms with Crippen LogP contribution in [0.4, 0.5) is 0 Å². The molecule has 0 radical (unpaired) electrons. The lowest BCUT2D eigenvalue weighted by atomic mass is 10.6. The molecule has 0 aromatic carbocycles.